The van der Waals surface area contributed by atoms with Gasteiger partial charge in [-0.1, -0.05) is 11.6 Å². The first-order valence-electron chi connectivity index (χ1n) is 5.88. The topological polar surface area (TPSA) is 64.6 Å². The molecule has 0 spiro atoms. The van der Waals surface area contributed by atoms with E-state index >= 15 is 0 Å². The minimum atomic E-state index is -3.67. The first-order chi connectivity index (χ1) is 9.87. The summed E-state index contributed by atoms with van der Waals surface area (Å²) in [6.07, 6.45) is 0. The van der Waals surface area contributed by atoms with Gasteiger partial charge in [-0.3, -0.25) is 4.72 Å². The van der Waals surface area contributed by atoms with E-state index in [-0.39, 0.29) is 4.21 Å². The third-order valence-corrected chi connectivity index (χ3v) is 5.88. The zero-order chi connectivity index (χ0) is 15.6. The molecule has 0 amide bonds. The molecular weight excluding hydrogens is 334 g/mol. The molecule has 2 aromatic rings. The first kappa shape index (κ1) is 15.9. The van der Waals surface area contributed by atoms with E-state index in [0.717, 1.165) is 16.9 Å². The highest BCUT2D eigenvalue weighted by atomic mass is 35.5. The fourth-order valence-corrected chi connectivity index (χ4v) is 4.33. The first-order valence-corrected chi connectivity index (χ1v) is 8.56. The second-order valence-electron chi connectivity index (χ2n) is 4.19. The number of hydrogen-bond donors (Lipinski definition) is 1. The van der Waals surface area contributed by atoms with Crippen molar-refractivity contribution in [3.63, 3.8) is 0 Å². The van der Waals surface area contributed by atoms with Gasteiger partial charge in [0.25, 0.3) is 10.0 Å². The van der Waals surface area contributed by atoms with E-state index in [1.54, 1.807) is 25.1 Å². The maximum atomic E-state index is 12.3. The van der Waals surface area contributed by atoms with Gasteiger partial charge in [-0.05, 0) is 30.7 Å². The molecule has 1 N–H and O–H groups in total. The Kier molecular flexibility index (Phi) is 4.65. The van der Waals surface area contributed by atoms with Crippen molar-refractivity contribution in [1.82, 2.24) is 0 Å². The zero-order valence-corrected chi connectivity index (χ0v) is 14.0. The van der Waals surface area contributed by atoms with Gasteiger partial charge in [-0.15, -0.1) is 11.3 Å². The van der Waals surface area contributed by atoms with Crippen LogP contribution in [0.3, 0.4) is 0 Å². The van der Waals surface area contributed by atoms with Gasteiger partial charge in [0.05, 0.1) is 24.2 Å². The fraction of sp³-hybridized carbons (Fsp3) is 0.231. The Morgan fingerprint density at radius 3 is 2.29 bits per heavy atom. The molecule has 0 aliphatic carbocycles. The number of aryl methyl sites for hydroxylation is 1. The van der Waals surface area contributed by atoms with Crippen molar-refractivity contribution in [2.24, 2.45) is 0 Å². The number of halogens is 1. The summed E-state index contributed by atoms with van der Waals surface area (Å²) in [5.74, 6) is 0.988. The van der Waals surface area contributed by atoms with Crippen molar-refractivity contribution in [2.75, 3.05) is 18.9 Å². The smallest absolute Gasteiger partial charge is 0.271 e. The van der Waals surface area contributed by atoms with Crippen molar-refractivity contribution in [2.45, 2.75) is 11.1 Å². The molecule has 114 valence electrons. The summed E-state index contributed by atoms with van der Waals surface area (Å²) in [4.78, 5) is 0. The van der Waals surface area contributed by atoms with Gasteiger partial charge in [-0.25, -0.2) is 8.42 Å². The highest BCUT2D eigenvalue weighted by Crippen LogP contribution is 2.34. The Morgan fingerprint density at radius 1 is 1.14 bits per heavy atom. The van der Waals surface area contributed by atoms with E-state index in [9.17, 15) is 8.42 Å². The monoisotopic (exact) mass is 347 g/mol. The predicted octanol–water partition coefficient (Wildman–Crippen LogP) is 3.53. The quantitative estimate of drug-likeness (QED) is 0.898. The van der Waals surface area contributed by atoms with E-state index in [1.807, 2.05) is 0 Å². The summed E-state index contributed by atoms with van der Waals surface area (Å²) >= 11 is 6.77. The largest absolute Gasteiger partial charge is 0.493 e. The number of hydrogen-bond acceptors (Lipinski definition) is 5. The molecule has 0 atom stereocenters. The normalized spacial score (nSPS) is 11.2. The number of anilines is 1. The lowest BCUT2D eigenvalue weighted by atomic mass is 10.2. The third-order valence-electron chi connectivity index (χ3n) is 2.79. The Hall–Kier alpha value is -1.44. The van der Waals surface area contributed by atoms with Crippen LogP contribution in [0.4, 0.5) is 5.69 Å². The summed E-state index contributed by atoms with van der Waals surface area (Å²) < 4.78 is 38.0. The second-order valence-corrected chi connectivity index (χ2v) is 7.81. The molecule has 2 rings (SSSR count). The van der Waals surface area contributed by atoms with Crippen LogP contribution in [0.1, 0.15) is 5.56 Å². The van der Waals surface area contributed by atoms with E-state index < -0.39 is 10.0 Å². The maximum absolute atomic E-state index is 12.3. The summed E-state index contributed by atoms with van der Waals surface area (Å²) in [6, 6.07) is 6.30. The molecule has 0 aliphatic heterocycles. The second kappa shape index (κ2) is 6.13. The van der Waals surface area contributed by atoms with Crippen LogP contribution in [0.5, 0.6) is 11.5 Å². The molecule has 1 aromatic carbocycles. The zero-order valence-electron chi connectivity index (χ0n) is 11.6. The van der Waals surface area contributed by atoms with Crippen molar-refractivity contribution in [3.05, 3.63) is 34.2 Å². The van der Waals surface area contributed by atoms with Crippen LogP contribution >= 0.6 is 22.9 Å². The van der Waals surface area contributed by atoms with Gasteiger partial charge in [-0.2, -0.15) is 0 Å². The molecular formula is C13H14ClNO4S2. The summed E-state index contributed by atoms with van der Waals surface area (Å²) in [6.45, 7) is 1.78. The van der Waals surface area contributed by atoms with Gasteiger partial charge < -0.3 is 9.47 Å². The lowest BCUT2D eigenvalue weighted by molar-refractivity contribution is 0.355. The Bertz CT molecular complexity index is 756. The Morgan fingerprint density at radius 2 is 1.76 bits per heavy atom. The van der Waals surface area contributed by atoms with Crippen LogP contribution in [-0.4, -0.2) is 22.6 Å². The number of sulfonamides is 1. The van der Waals surface area contributed by atoms with Crippen LogP contribution < -0.4 is 14.2 Å². The van der Waals surface area contributed by atoms with E-state index in [2.05, 4.69) is 4.72 Å². The fourth-order valence-electron chi connectivity index (χ4n) is 1.73. The summed E-state index contributed by atoms with van der Waals surface area (Å²) in [7, 11) is -0.659. The average molecular weight is 348 g/mol. The molecule has 1 heterocycles. The van der Waals surface area contributed by atoms with Crippen LogP contribution in [0.2, 0.25) is 4.34 Å². The number of benzene rings is 1. The molecule has 8 heteroatoms. The highest BCUT2D eigenvalue weighted by molar-refractivity contribution is 7.94. The van der Waals surface area contributed by atoms with Crippen molar-refractivity contribution >= 4 is 38.6 Å². The molecule has 1 aromatic heterocycles. The lowest BCUT2D eigenvalue weighted by Gasteiger charge is -2.14. The van der Waals surface area contributed by atoms with E-state index in [4.69, 9.17) is 21.1 Å². The van der Waals surface area contributed by atoms with Gasteiger partial charge >= 0.3 is 0 Å². The maximum Gasteiger partial charge on any atom is 0.271 e. The number of methoxy groups -OCH3 is 2. The molecule has 0 fully saturated rings. The number of thiophene rings is 1. The SMILES string of the molecule is COc1cc(C)c(NS(=O)(=O)c2ccc(Cl)s2)cc1OC. The molecule has 0 radical (unpaired) electrons. The van der Waals surface area contributed by atoms with Crippen molar-refractivity contribution in [3.8, 4) is 11.5 Å². The van der Waals surface area contributed by atoms with Crippen LogP contribution in [-0.2, 0) is 10.0 Å². The minimum Gasteiger partial charge on any atom is -0.493 e. The Balaban J connectivity index is 2.39. The van der Waals surface area contributed by atoms with Crippen LogP contribution in [0.15, 0.2) is 28.5 Å². The molecule has 21 heavy (non-hydrogen) atoms. The summed E-state index contributed by atoms with van der Waals surface area (Å²) in [5.41, 5.74) is 1.15. The van der Waals surface area contributed by atoms with Gasteiger partial charge in [0.15, 0.2) is 11.5 Å². The average Bonchev–Trinajstić information content (AvgIpc) is 2.88. The van der Waals surface area contributed by atoms with Crippen LogP contribution in [0.25, 0.3) is 0 Å². The molecule has 0 unspecified atom stereocenters. The lowest BCUT2D eigenvalue weighted by Crippen LogP contribution is -2.12. The van der Waals surface area contributed by atoms with Gasteiger partial charge in [0.2, 0.25) is 0 Å². The van der Waals surface area contributed by atoms with Gasteiger partial charge in [0, 0.05) is 6.07 Å². The van der Waals surface area contributed by atoms with Crippen LogP contribution in [0, 0.1) is 6.92 Å². The highest BCUT2D eigenvalue weighted by Gasteiger charge is 2.19. The molecule has 0 saturated heterocycles. The molecule has 5 nitrogen and oxygen atoms in total. The summed E-state index contributed by atoms with van der Waals surface area (Å²) in [5, 5.41) is 0. The van der Waals surface area contributed by atoms with Crippen molar-refractivity contribution < 1.29 is 17.9 Å². The third kappa shape index (κ3) is 3.42. The Labute approximate surface area is 132 Å². The number of rotatable bonds is 5. The number of ether oxygens (including phenoxy) is 2. The van der Waals surface area contributed by atoms with E-state index in [0.29, 0.717) is 21.5 Å². The number of nitrogens with one attached hydrogen (secondary N) is 1. The molecule has 0 aliphatic rings. The minimum absolute atomic E-state index is 0.154. The van der Waals surface area contributed by atoms with E-state index in [1.165, 1.54) is 20.3 Å². The standard InChI is InChI=1S/C13H14ClNO4S2/c1-8-6-10(18-2)11(19-3)7-9(8)15-21(16,17)13-5-4-12(14)20-13/h4-7,15H,1-3H3. The predicted molar refractivity (Wildman–Crippen MR) is 84.4 cm³/mol. The molecule has 0 saturated carbocycles. The molecule has 0 bridgehead atoms. The van der Waals surface area contributed by atoms with Crippen molar-refractivity contribution in [1.29, 1.82) is 0 Å². The van der Waals surface area contributed by atoms with Gasteiger partial charge in [0.1, 0.15) is 4.21 Å².